The lowest BCUT2D eigenvalue weighted by Gasteiger charge is -2.31. The van der Waals surface area contributed by atoms with Crippen LogP contribution in [-0.2, 0) is 19.3 Å². The Morgan fingerprint density at radius 3 is 1.17 bits per heavy atom. The van der Waals surface area contributed by atoms with Crippen molar-refractivity contribution >= 4 is 6.21 Å². The molecule has 0 spiro atoms. The maximum atomic E-state index is 5.29. The average molecular weight is 390 g/mol. The zero-order valence-electron chi connectivity index (χ0n) is 17.2. The van der Waals surface area contributed by atoms with Crippen molar-refractivity contribution in [2.24, 2.45) is 4.99 Å². The highest BCUT2D eigenvalue weighted by Crippen LogP contribution is 2.28. The monoisotopic (exact) mass is 389 g/mol. The van der Waals surface area contributed by atoms with Crippen molar-refractivity contribution in [3.63, 3.8) is 0 Å². The number of nitrogens with zero attached hydrogens (tertiary/aromatic N) is 1. The molecule has 0 N–H and O–H groups in total. The first kappa shape index (κ1) is 19.8. The SMILES string of the molecule is C(=NC(Cc1ccccc1)(Cc1ccccc1)Cc1ccccc1)c1ccccc1. The van der Waals surface area contributed by atoms with Gasteiger partial charge in [0.25, 0.3) is 0 Å². The molecule has 0 aromatic heterocycles. The molecule has 30 heavy (non-hydrogen) atoms. The van der Waals surface area contributed by atoms with Gasteiger partial charge in [0.2, 0.25) is 0 Å². The first-order valence-corrected chi connectivity index (χ1v) is 10.5. The van der Waals surface area contributed by atoms with Gasteiger partial charge in [-0.15, -0.1) is 0 Å². The zero-order chi connectivity index (χ0) is 20.5. The van der Waals surface area contributed by atoms with Gasteiger partial charge in [0, 0.05) is 6.21 Å². The van der Waals surface area contributed by atoms with Crippen LogP contribution in [0, 0.1) is 0 Å². The van der Waals surface area contributed by atoms with E-state index in [2.05, 4.69) is 121 Å². The largest absolute Gasteiger partial charge is 0.285 e. The maximum Gasteiger partial charge on any atom is 0.0728 e. The molecule has 1 heteroatoms. The molecule has 4 aromatic rings. The van der Waals surface area contributed by atoms with Crippen molar-refractivity contribution in [1.29, 1.82) is 0 Å². The number of rotatable bonds is 8. The van der Waals surface area contributed by atoms with Crippen LogP contribution in [0.2, 0.25) is 0 Å². The summed E-state index contributed by atoms with van der Waals surface area (Å²) in [7, 11) is 0. The fraction of sp³-hybridized carbons (Fsp3) is 0.138. The van der Waals surface area contributed by atoms with Crippen LogP contribution in [0.25, 0.3) is 0 Å². The van der Waals surface area contributed by atoms with Crippen LogP contribution >= 0.6 is 0 Å². The highest BCUT2D eigenvalue weighted by molar-refractivity contribution is 5.79. The summed E-state index contributed by atoms with van der Waals surface area (Å²) in [4.78, 5) is 5.29. The Hall–Kier alpha value is -3.45. The second-order valence-corrected chi connectivity index (χ2v) is 7.88. The van der Waals surface area contributed by atoms with Crippen molar-refractivity contribution in [1.82, 2.24) is 0 Å². The Balaban J connectivity index is 1.76. The molecule has 0 atom stereocenters. The van der Waals surface area contributed by atoms with Crippen LogP contribution in [0.5, 0.6) is 0 Å². The summed E-state index contributed by atoms with van der Waals surface area (Å²) < 4.78 is 0. The third kappa shape index (κ3) is 5.55. The van der Waals surface area contributed by atoms with Gasteiger partial charge in [-0.3, -0.25) is 4.99 Å². The number of benzene rings is 4. The molecule has 0 unspecified atom stereocenters. The Morgan fingerprint density at radius 2 is 0.800 bits per heavy atom. The Morgan fingerprint density at radius 1 is 0.467 bits per heavy atom. The first-order valence-electron chi connectivity index (χ1n) is 10.5. The Kier molecular flexibility index (Phi) is 6.51. The first-order chi connectivity index (χ1) is 14.8. The van der Waals surface area contributed by atoms with E-state index in [0.29, 0.717) is 0 Å². The topological polar surface area (TPSA) is 12.4 Å². The molecule has 0 amide bonds. The summed E-state index contributed by atoms with van der Waals surface area (Å²) in [5.41, 5.74) is 4.81. The van der Waals surface area contributed by atoms with Gasteiger partial charge in [-0.05, 0) is 41.5 Å². The van der Waals surface area contributed by atoms with Crippen molar-refractivity contribution < 1.29 is 0 Å². The summed E-state index contributed by atoms with van der Waals surface area (Å²) in [6.07, 6.45) is 4.72. The summed E-state index contributed by atoms with van der Waals surface area (Å²) in [5, 5.41) is 0. The number of aliphatic imine (C=N–C) groups is 1. The van der Waals surface area contributed by atoms with Crippen LogP contribution in [0.1, 0.15) is 22.3 Å². The molecule has 0 bridgehead atoms. The maximum absolute atomic E-state index is 5.29. The molecular weight excluding hydrogens is 362 g/mol. The van der Waals surface area contributed by atoms with Crippen LogP contribution in [0.3, 0.4) is 0 Å². The van der Waals surface area contributed by atoms with E-state index in [0.717, 1.165) is 24.8 Å². The summed E-state index contributed by atoms with van der Waals surface area (Å²) in [6, 6.07) is 42.6. The summed E-state index contributed by atoms with van der Waals surface area (Å²) in [5.74, 6) is 0. The van der Waals surface area contributed by atoms with Gasteiger partial charge >= 0.3 is 0 Å². The van der Waals surface area contributed by atoms with Gasteiger partial charge in [-0.1, -0.05) is 121 Å². The zero-order valence-corrected chi connectivity index (χ0v) is 17.2. The van der Waals surface area contributed by atoms with E-state index in [1.54, 1.807) is 0 Å². The van der Waals surface area contributed by atoms with Crippen LogP contribution in [-0.4, -0.2) is 11.8 Å². The van der Waals surface area contributed by atoms with E-state index in [1.807, 2.05) is 6.07 Å². The molecule has 4 aromatic carbocycles. The van der Waals surface area contributed by atoms with Crippen LogP contribution in [0.4, 0.5) is 0 Å². The summed E-state index contributed by atoms with van der Waals surface area (Å²) in [6.45, 7) is 0. The number of hydrogen-bond donors (Lipinski definition) is 0. The number of hydrogen-bond acceptors (Lipinski definition) is 1. The minimum absolute atomic E-state index is 0.264. The van der Waals surface area contributed by atoms with Gasteiger partial charge in [-0.2, -0.15) is 0 Å². The third-order valence-electron chi connectivity index (χ3n) is 5.42. The normalized spacial score (nSPS) is 11.6. The predicted molar refractivity (Wildman–Crippen MR) is 127 cm³/mol. The molecule has 0 aliphatic carbocycles. The van der Waals surface area contributed by atoms with E-state index in [-0.39, 0.29) is 5.54 Å². The molecule has 0 fully saturated rings. The van der Waals surface area contributed by atoms with E-state index in [4.69, 9.17) is 4.99 Å². The minimum Gasteiger partial charge on any atom is -0.285 e. The highest BCUT2D eigenvalue weighted by atomic mass is 14.9. The quantitative estimate of drug-likeness (QED) is 0.302. The van der Waals surface area contributed by atoms with E-state index >= 15 is 0 Å². The fourth-order valence-electron chi connectivity index (χ4n) is 4.00. The van der Waals surface area contributed by atoms with Crippen LogP contribution in [0.15, 0.2) is 126 Å². The third-order valence-corrected chi connectivity index (χ3v) is 5.42. The van der Waals surface area contributed by atoms with Gasteiger partial charge in [-0.25, -0.2) is 0 Å². The van der Waals surface area contributed by atoms with Crippen LogP contribution < -0.4 is 0 Å². The second-order valence-electron chi connectivity index (χ2n) is 7.88. The van der Waals surface area contributed by atoms with Gasteiger partial charge in [0.15, 0.2) is 0 Å². The predicted octanol–water partition coefficient (Wildman–Crippen LogP) is 6.57. The smallest absolute Gasteiger partial charge is 0.0728 e. The standard InChI is InChI=1S/C29H27N/c1-5-13-25(14-6-1)21-29(22-26-15-7-2-8-16-26,23-27-17-9-3-10-18-27)30-24-28-19-11-4-12-20-28/h1-20,24H,21-23H2. The Labute approximate surface area is 179 Å². The van der Waals surface area contributed by atoms with Crippen molar-refractivity contribution in [3.8, 4) is 0 Å². The lowest BCUT2D eigenvalue weighted by atomic mass is 9.80. The van der Waals surface area contributed by atoms with Crippen molar-refractivity contribution in [2.75, 3.05) is 0 Å². The van der Waals surface area contributed by atoms with Gasteiger partial charge in [0.1, 0.15) is 0 Å². The molecule has 0 radical (unpaired) electrons. The highest BCUT2D eigenvalue weighted by Gasteiger charge is 2.30. The lowest BCUT2D eigenvalue weighted by molar-refractivity contribution is 0.421. The molecule has 0 saturated carbocycles. The van der Waals surface area contributed by atoms with Crippen molar-refractivity contribution in [3.05, 3.63) is 144 Å². The molecule has 148 valence electrons. The lowest BCUT2D eigenvalue weighted by Crippen LogP contribution is -2.35. The minimum atomic E-state index is -0.264. The molecule has 0 saturated heterocycles. The molecule has 4 rings (SSSR count). The van der Waals surface area contributed by atoms with Gasteiger partial charge < -0.3 is 0 Å². The molecule has 0 heterocycles. The van der Waals surface area contributed by atoms with E-state index in [1.165, 1.54) is 16.7 Å². The Bertz CT molecular complexity index is 937. The molecule has 0 aliphatic rings. The van der Waals surface area contributed by atoms with Gasteiger partial charge in [0.05, 0.1) is 5.54 Å². The van der Waals surface area contributed by atoms with E-state index in [9.17, 15) is 0 Å². The summed E-state index contributed by atoms with van der Waals surface area (Å²) >= 11 is 0. The molecule has 1 nitrogen and oxygen atoms in total. The van der Waals surface area contributed by atoms with E-state index < -0.39 is 0 Å². The fourth-order valence-corrected chi connectivity index (χ4v) is 4.00. The molecular formula is C29H27N. The molecule has 0 aliphatic heterocycles. The average Bonchev–Trinajstić information content (AvgIpc) is 2.80. The van der Waals surface area contributed by atoms with Crippen molar-refractivity contribution in [2.45, 2.75) is 24.8 Å². The second kappa shape index (κ2) is 9.84.